The van der Waals surface area contributed by atoms with Gasteiger partial charge >= 0.3 is 0 Å². The number of anilines is 2. The van der Waals surface area contributed by atoms with Crippen LogP contribution in [0, 0.1) is 0 Å². The van der Waals surface area contributed by atoms with Crippen LogP contribution in [0.1, 0.15) is 24.2 Å². The van der Waals surface area contributed by atoms with E-state index < -0.39 is 0 Å². The highest BCUT2D eigenvalue weighted by Gasteiger charge is 2.15. The number of ether oxygens (including phenoxy) is 2. The van der Waals surface area contributed by atoms with Gasteiger partial charge in [0.25, 0.3) is 5.91 Å². The first-order valence-electron chi connectivity index (χ1n) is 9.81. The van der Waals surface area contributed by atoms with Crippen LogP contribution in [0.15, 0.2) is 40.7 Å². The van der Waals surface area contributed by atoms with Crippen molar-refractivity contribution in [2.45, 2.75) is 18.2 Å². The van der Waals surface area contributed by atoms with Crippen molar-refractivity contribution in [2.24, 2.45) is 0 Å². The first-order valence-corrected chi connectivity index (χ1v) is 12.4. The van der Waals surface area contributed by atoms with Gasteiger partial charge in [0.2, 0.25) is 11.0 Å². The molecule has 0 unspecified atom stereocenters. The minimum absolute atomic E-state index is 0.111. The number of nitrogens with zero attached hydrogens (tertiary/aromatic N) is 2. The minimum Gasteiger partial charge on any atom is -0.490 e. The number of halogens is 2. The van der Waals surface area contributed by atoms with Crippen molar-refractivity contribution < 1.29 is 19.1 Å². The molecule has 33 heavy (non-hydrogen) atoms. The lowest BCUT2D eigenvalue weighted by molar-refractivity contribution is -0.113. The number of hydrogen-bond donors (Lipinski definition) is 2. The highest BCUT2D eigenvalue weighted by atomic mass is 35.5. The zero-order valence-corrected chi connectivity index (χ0v) is 20.8. The largest absolute Gasteiger partial charge is 0.490 e. The van der Waals surface area contributed by atoms with E-state index in [-0.39, 0.29) is 17.6 Å². The zero-order chi connectivity index (χ0) is 23.8. The van der Waals surface area contributed by atoms with Crippen molar-refractivity contribution in [3.8, 4) is 11.5 Å². The second kappa shape index (κ2) is 12.1. The Morgan fingerprint density at radius 3 is 2.45 bits per heavy atom. The quantitative estimate of drug-likeness (QED) is 0.260. The van der Waals surface area contributed by atoms with Crippen LogP contribution in [0.25, 0.3) is 0 Å². The average molecular weight is 527 g/mol. The molecule has 1 aromatic heterocycles. The van der Waals surface area contributed by atoms with Crippen LogP contribution in [0.2, 0.25) is 10.0 Å². The molecule has 0 aliphatic heterocycles. The number of benzene rings is 2. The third-order valence-corrected chi connectivity index (χ3v) is 6.67. The normalized spacial score (nSPS) is 10.5. The average Bonchev–Trinajstić information content (AvgIpc) is 3.23. The summed E-state index contributed by atoms with van der Waals surface area (Å²) in [5.41, 5.74) is 0.939. The topological polar surface area (TPSA) is 102 Å². The standard InChI is InChI=1S/C21H20Cl2N4O4S2/c1-3-30-16-8-5-12(9-17(16)31-4-2)19(29)25-20-26-27-21(33-20)32-11-18(28)24-13-6-7-14(22)15(23)10-13/h5-10H,3-4,11H2,1-2H3,(H,24,28)(H,25,26,29). The molecule has 0 fully saturated rings. The fourth-order valence-electron chi connectivity index (χ4n) is 2.58. The van der Waals surface area contributed by atoms with Gasteiger partial charge in [-0.05, 0) is 50.2 Å². The van der Waals surface area contributed by atoms with Gasteiger partial charge in [0.1, 0.15) is 0 Å². The molecular weight excluding hydrogens is 507 g/mol. The van der Waals surface area contributed by atoms with E-state index in [1.54, 1.807) is 36.4 Å². The number of hydrogen-bond acceptors (Lipinski definition) is 8. The molecule has 174 valence electrons. The van der Waals surface area contributed by atoms with Crippen molar-refractivity contribution in [3.63, 3.8) is 0 Å². The maximum absolute atomic E-state index is 12.6. The first kappa shape index (κ1) is 25.1. The van der Waals surface area contributed by atoms with E-state index in [9.17, 15) is 9.59 Å². The Hall–Kier alpha value is -2.53. The van der Waals surface area contributed by atoms with Crippen molar-refractivity contribution in [3.05, 3.63) is 52.0 Å². The van der Waals surface area contributed by atoms with Crippen LogP contribution in [0.3, 0.4) is 0 Å². The maximum Gasteiger partial charge on any atom is 0.257 e. The van der Waals surface area contributed by atoms with Crippen LogP contribution in [0.4, 0.5) is 10.8 Å². The highest BCUT2D eigenvalue weighted by molar-refractivity contribution is 8.01. The lowest BCUT2D eigenvalue weighted by Crippen LogP contribution is -2.13. The summed E-state index contributed by atoms with van der Waals surface area (Å²) in [6.45, 7) is 4.66. The van der Waals surface area contributed by atoms with Gasteiger partial charge in [-0.15, -0.1) is 10.2 Å². The van der Waals surface area contributed by atoms with E-state index >= 15 is 0 Å². The second-order valence-electron chi connectivity index (χ2n) is 6.32. The molecule has 0 aliphatic rings. The Kier molecular flexibility index (Phi) is 9.19. The smallest absolute Gasteiger partial charge is 0.257 e. The predicted octanol–water partition coefficient (Wildman–Crippen LogP) is 5.63. The molecule has 12 heteroatoms. The summed E-state index contributed by atoms with van der Waals surface area (Å²) in [7, 11) is 0. The van der Waals surface area contributed by atoms with Gasteiger partial charge < -0.3 is 14.8 Å². The van der Waals surface area contributed by atoms with Crippen molar-refractivity contribution >= 4 is 68.9 Å². The van der Waals surface area contributed by atoms with Crippen LogP contribution in [-0.2, 0) is 4.79 Å². The number of carbonyl (C=O) groups excluding carboxylic acids is 2. The van der Waals surface area contributed by atoms with E-state index in [1.165, 1.54) is 23.1 Å². The van der Waals surface area contributed by atoms with Gasteiger partial charge in [-0.3, -0.25) is 14.9 Å². The van der Waals surface area contributed by atoms with Gasteiger partial charge in [-0.1, -0.05) is 46.3 Å². The molecule has 3 aromatic rings. The lowest BCUT2D eigenvalue weighted by atomic mass is 10.2. The maximum atomic E-state index is 12.6. The molecule has 0 atom stereocenters. The predicted molar refractivity (Wildman–Crippen MR) is 132 cm³/mol. The number of aromatic nitrogens is 2. The van der Waals surface area contributed by atoms with Gasteiger partial charge in [0, 0.05) is 11.3 Å². The number of nitrogens with one attached hydrogen (secondary N) is 2. The molecule has 0 radical (unpaired) electrons. The van der Waals surface area contributed by atoms with Gasteiger partial charge in [-0.25, -0.2) is 0 Å². The van der Waals surface area contributed by atoms with Crippen molar-refractivity contribution in [1.82, 2.24) is 10.2 Å². The molecule has 0 saturated heterocycles. The summed E-state index contributed by atoms with van der Waals surface area (Å²) in [5, 5.41) is 14.5. The molecule has 0 aliphatic carbocycles. The SMILES string of the molecule is CCOc1ccc(C(=O)Nc2nnc(SCC(=O)Nc3ccc(Cl)c(Cl)c3)s2)cc1OCC. The van der Waals surface area contributed by atoms with E-state index in [1.807, 2.05) is 13.8 Å². The zero-order valence-electron chi connectivity index (χ0n) is 17.7. The molecule has 8 nitrogen and oxygen atoms in total. The van der Waals surface area contributed by atoms with Crippen LogP contribution < -0.4 is 20.1 Å². The molecule has 0 bridgehead atoms. The fraction of sp³-hybridized carbons (Fsp3) is 0.238. The van der Waals surface area contributed by atoms with E-state index in [4.69, 9.17) is 32.7 Å². The molecule has 0 saturated carbocycles. The van der Waals surface area contributed by atoms with Gasteiger partial charge in [-0.2, -0.15) is 0 Å². The second-order valence-corrected chi connectivity index (χ2v) is 9.33. The number of amides is 2. The summed E-state index contributed by atoms with van der Waals surface area (Å²) >= 11 is 14.2. The van der Waals surface area contributed by atoms with E-state index in [0.717, 1.165) is 0 Å². The highest BCUT2D eigenvalue weighted by Crippen LogP contribution is 2.30. The van der Waals surface area contributed by atoms with E-state index in [2.05, 4.69) is 20.8 Å². The van der Waals surface area contributed by atoms with Crippen LogP contribution >= 0.6 is 46.3 Å². The van der Waals surface area contributed by atoms with Crippen LogP contribution in [-0.4, -0.2) is 41.0 Å². The number of carbonyl (C=O) groups is 2. The van der Waals surface area contributed by atoms with Crippen LogP contribution in [0.5, 0.6) is 11.5 Å². The molecule has 2 aromatic carbocycles. The molecular formula is C21H20Cl2N4O4S2. The Labute approximate surface area is 209 Å². The monoisotopic (exact) mass is 526 g/mol. The number of rotatable bonds is 10. The lowest BCUT2D eigenvalue weighted by Gasteiger charge is -2.12. The molecule has 2 N–H and O–H groups in total. The minimum atomic E-state index is -0.357. The summed E-state index contributed by atoms with van der Waals surface area (Å²) in [6.07, 6.45) is 0. The number of thioether (sulfide) groups is 1. The van der Waals surface area contributed by atoms with Crippen molar-refractivity contribution in [2.75, 3.05) is 29.6 Å². The Balaban J connectivity index is 1.55. The summed E-state index contributed by atoms with van der Waals surface area (Å²) in [6, 6.07) is 9.79. The van der Waals surface area contributed by atoms with Gasteiger partial charge in [0.15, 0.2) is 15.8 Å². The third kappa shape index (κ3) is 7.23. The molecule has 1 heterocycles. The summed E-state index contributed by atoms with van der Waals surface area (Å²) < 4.78 is 11.6. The Morgan fingerprint density at radius 1 is 0.970 bits per heavy atom. The fourth-order valence-corrected chi connectivity index (χ4v) is 4.42. The van der Waals surface area contributed by atoms with Gasteiger partial charge in [0.05, 0.1) is 29.0 Å². The summed E-state index contributed by atoms with van der Waals surface area (Å²) in [5.74, 6) is 0.582. The third-order valence-electron chi connectivity index (χ3n) is 3.96. The summed E-state index contributed by atoms with van der Waals surface area (Å²) in [4.78, 5) is 24.8. The Bertz CT molecular complexity index is 1140. The van der Waals surface area contributed by atoms with E-state index in [0.29, 0.717) is 55.5 Å². The van der Waals surface area contributed by atoms with Crippen molar-refractivity contribution in [1.29, 1.82) is 0 Å². The molecule has 0 spiro atoms. The Morgan fingerprint density at radius 2 is 1.73 bits per heavy atom. The molecule has 2 amide bonds. The molecule has 3 rings (SSSR count). The first-order chi connectivity index (χ1) is 15.9.